The fraction of sp³-hybridized carbons (Fsp3) is 0.0952. The first-order valence-corrected chi connectivity index (χ1v) is 8.82. The highest BCUT2D eigenvalue weighted by molar-refractivity contribution is 5.95. The minimum absolute atomic E-state index is 0.128. The molecule has 152 valence electrons. The minimum atomic E-state index is -1.22. The zero-order valence-corrected chi connectivity index (χ0v) is 16.2. The van der Waals surface area contributed by atoms with Gasteiger partial charge < -0.3 is 14.8 Å². The van der Waals surface area contributed by atoms with Gasteiger partial charge >= 0.3 is 11.9 Å². The van der Waals surface area contributed by atoms with Gasteiger partial charge in [-0.2, -0.15) is 5.10 Å². The number of carboxylic acid groups (broad SMARTS) is 2. The van der Waals surface area contributed by atoms with E-state index in [1.807, 2.05) is 0 Å². The molecule has 0 bridgehead atoms. The molecule has 0 saturated heterocycles. The molecule has 0 unspecified atom stereocenters. The summed E-state index contributed by atoms with van der Waals surface area (Å²) in [6, 6.07) is 8.96. The van der Waals surface area contributed by atoms with E-state index in [-0.39, 0.29) is 11.1 Å². The molecule has 0 saturated carbocycles. The van der Waals surface area contributed by atoms with Crippen LogP contribution in [0.15, 0.2) is 53.9 Å². The van der Waals surface area contributed by atoms with Gasteiger partial charge in [-0.15, -0.1) is 0 Å². The summed E-state index contributed by atoms with van der Waals surface area (Å²) in [5.41, 5.74) is 5.05. The fourth-order valence-electron chi connectivity index (χ4n) is 3.02. The van der Waals surface area contributed by atoms with Gasteiger partial charge in [0.2, 0.25) is 0 Å². The van der Waals surface area contributed by atoms with E-state index in [0.29, 0.717) is 22.5 Å². The van der Waals surface area contributed by atoms with Crippen molar-refractivity contribution in [3.63, 3.8) is 0 Å². The molecule has 0 aliphatic rings. The van der Waals surface area contributed by atoms with Gasteiger partial charge in [-0.1, -0.05) is 0 Å². The van der Waals surface area contributed by atoms with E-state index in [1.54, 1.807) is 42.8 Å². The SMILES string of the molecule is Cc1cc(/C=N/NC(=O)c2cccnc2)c(C)n1-c1cc(C(=O)O)cc(C(=O)O)c1. The first-order valence-electron chi connectivity index (χ1n) is 8.82. The van der Waals surface area contributed by atoms with E-state index in [2.05, 4.69) is 15.5 Å². The molecule has 1 amide bonds. The van der Waals surface area contributed by atoms with E-state index in [1.165, 1.54) is 24.5 Å². The van der Waals surface area contributed by atoms with Gasteiger partial charge in [0, 0.05) is 35.0 Å². The molecule has 30 heavy (non-hydrogen) atoms. The summed E-state index contributed by atoms with van der Waals surface area (Å²) >= 11 is 0. The molecule has 2 aromatic heterocycles. The van der Waals surface area contributed by atoms with Crippen LogP contribution in [-0.2, 0) is 0 Å². The van der Waals surface area contributed by atoms with Crippen LogP contribution in [-0.4, -0.2) is 43.8 Å². The molecule has 0 aliphatic carbocycles. The molecule has 9 heteroatoms. The Hall–Kier alpha value is -4.27. The highest BCUT2D eigenvalue weighted by Crippen LogP contribution is 2.22. The smallest absolute Gasteiger partial charge is 0.335 e. The van der Waals surface area contributed by atoms with Gasteiger partial charge in [-0.25, -0.2) is 15.0 Å². The number of rotatable bonds is 6. The second kappa shape index (κ2) is 8.39. The number of hydrogen-bond donors (Lipinski definition) is 3. The predicted molar refractivity (Wildman–Crippen MR) is 108 cm³/mol. The lowest BCUT2D eigenvalue weighted by Gasteiger charge is -2.12. The van der Waals surface area contributed by atoms with E-state index in [9.17, 15) is 24.6 Å². The molecule has 3 rings (SSSR count). The molecular formula is C21H18N4O5. The summed E-state index contributed by atoms with van der Waals surface area (Å²) in [5.74, 6) is -2.85. The van der Waals surface area contributed by atoms with Gasteiger partial charge in [0.25, 0.3) is 5.91 Å². The highest BCUT2D eigenvalue weighted by Gasteiger charge is 2.16. The molecule has 9 nitrogen and oxygen atoms in total. The number of hydrazone groups is 1. The number of carbonyl (C=O) groups excluding carboxylic acids is 1. The van der Waals surface area contributed by atoms with Gasteiger partial charge in [-0.05, 0) is 50.2 Å². The third kappa shape index (κ3) is 4.25. The normalized spacial score (nSPS) is 10.9. The van der Waals surface area contributed by atoms with E-state index < -0.39 is 17.8 Å². The summed E-state index contributed by atoms with van der Waals surface area (Å²) in [4.78, 5) is 38.7. The number of amides is 1. The summed E-state index contributed by atoms with van der Waals surface area (Å²) in [6.45, 7) is 3.58. The Bertz CT molecular complexity index is 1130. The Balaban J connectivity index is 1.92. The molecule has 0 radical (unpaired) electrons. The fourth-order valence-corrected chi connectivity index (χ4v) is 3.02. The summed E-state index contributed by atoms with van der Waals surface area (Å²) < 4.78 is 1.73. The van der Waals surface area contributed by atoms with Crippen molar-refractivity contribution < 1.29 is 24.6 Å². The van der Waals surface area contributed by atoms with Crippen LogP contribution in [0.1, 0.15) is 48.0 Å². The van der Waals surface area contributed by atoms with E-state index in [0.717, 1.165) is 11.8 Å². The van der Waals surface area contributed by atoms with Crippen LogP contribution in [0.4, 0.5) is 0 Å². The molecule has 0 atom stereocenters. The van der Waals surface area contributed by atoms with Crippen molar-refractivity contribution in [2.75, 3.05) is 0 Å². The zero-order chi connectivity index (χ0) is 21.8. The maximum atomic E-state index is 12.0. The summed E-state index contributed by atoms with van der Waals surface area (Å²) in [6.07, 6.45) is 4.45. The quantitative estimate of drug-likeness (QED) is 0.426. The number of nitrogens with zero attached hydrogens (tertiary/aromatic N) is 3. The maximum absolute atomic E-state index is 12.0. The second-order valence-corrected chi connectivity index (χ2v) is 6.48. The number of pyridine rings is 1. The average molecular weight is 406 g/mol. The van der Waals surface area contributed by atoms with Crippen LogP contribution in [0.2, 0.25) is 0 Å². The van der Waals surface area contributed by atoms with Gasteiger partial charge in [0.1, 0.15) is 0 Å². The Kier molecular flexibility index (Phi) is 5.73. The van der Waals surface area contributed by atoms with E-state index in [4.69, 9.17) is 0 Å². The first-order chi connectivity index (χ1) is 14.3. The van der Waals surface area contributed by atoms with Crippen LogP contribution >= 0.6 is 0 Å². The number of aromatic nitrogens is 2. The van der Waals surface area contributed by atoms with Crippen molar-refractivity contribution >= 4 is 24.1 Å². The minimum Gasteiger partial charge on any atom is -0.478 e. The third-order valence-corrected chi connectivity index (χ3v) is 4.43. The van der Waals surface area contributed by atoms with Gasteiger partial charge in [0.15, 0.2) is 0 Å². The molecule has 1 aromatic carbocycles. The van der Waals surface area contributed by atoms with Gasteiger partial charge in [0.05, 0.1) is 22.9 Å². The number of benzene rings is 1. The average Bonchev–Trinajstić information content (AvgIpc) is 3.01. The number of aromatic carboxylic acids is 2. The van der Waals surface area contributed by atoms with Crippen molar-refractivity contribution in [1.29, 1.82) is 0 Å². The molecule has 3 aromatic rings. The van der Waals surface area contributed by atoms with E-state index >= 15 is 0 Å². The number of aryl methyl sites for hydroxylation is 1. The van der Waals surface area contributed by atoms with Crippen molar-refractivity contribution in [2.45, 2.75) is 13.8 Å². The maximum Gasteiger partial charge on any atom is 0.335 e. The van der Waals surface area contributed by atoms with Crippen molar-refractivity contribution in [1.82, 2.24) is 15.0 Å². The second-order valence-electron chi connectivity index (χ2n) is 6.48. The number of carboxylic acids is 2. The Labute approximate surface area is 171 Å². The Morgan fingerprint density at radius 3 is 2.27 bits per heavy atom. The van der Waals surface area contributed by atoms with Crippen molar-refractivity contribution in [3.8, 4) is 5.69 Å². The predicted octanol–water partition coefficient (Wildman–Crippen LogP) is 2.65. The van der Waals surface area contributed by atoms with Crippen LogP contribution < -0.4 is 5.43 Å². The molecule has 0 fully saturated rings. The Morgan fingerprint density at radius 2 is 1.70 bits per heavy atom. The molecule has 2 heterocycles. The third-order valence-electron chi connectivity index (χ3n) is 4.43. The zero-order valence-electron chi connectivity index (χ0n) is 16.2. The standard InChI is InChI=1S/C21H18N4O5/c1-12-6-17(11-23-24-19(26)14-4-3-5-22-10-14)13(2)25(12)18-8-15(20(27)28)7-16(9-18)21(29)30/h3-11H,1-2H3,(H,24,26)(H,27,28)(H,29,30)/b23-11+. The molecule has 0 spiro atoms. The number of carbonyl (C=O) groups is 3. The summed E-state index contributed by atoms with van der Waals surface area (Å²) in [7, 11) is 0. The van der Waals surface area contributed by atoms with Crippen LogP contribution in [0.25, 0.3) is 5.69 Å². The molecule has 3 N–H and O–H groups in total. The number of nitrogens with one attached hydrogen (secondary N) is 1. The summed E-state index contributed by atoms with van der Waals surface area (Å²) in [5, 5.41) is 22.6. The number of hydrogen-bond acceptors (Lipinski definition) is 5. The lowest BCUT2D eigenvalue weighted by atomic mass is 10.1. The molecular weight excluding hydrogens is 388 g/mol. The van der Waals surface area contributed by atoms with Crippen molar-refractivity contribution in [3.05, 3.63) is 82.4 Å². The topological polar surface area (TPSA) is 134 Å². The van der Waals surface area contributed by atoms with Crippen LogP contribution in [0.5, 0.6) is 0 Å². The highest BCUT2D eigenvalue weighted by atomic mass is 16.4. The first kappa shape index (κ1) is 20.5. The van der Waals surface area contributed by atoms with Crippen LogP contribution in [0.3, 0.4) is 0 Å². The monoisotopic (exact) mass is 406 g/mol. The lowest BCUT2D eigenvalue weighted by Crippen LogP contribution is -2.17. The van der Waals surface area contributed by atoms with Crippen LogP contribution in [0, 0.1) is 13.8 Å². The largest absolute Gasteiger partial charge is 0.478 e. The lowest BCUT2D eigenvalue weighted by molar-refractivity contribution is 0.0696. The van der Waals surface area contributed by atoms with Gasteiger partial charge in [-0.3, -0.25) is 9.78 Å². The molecule has 0 aliphatic heterocycles. The van der Waals surface area contributed by atoms with Crippen molar-refractivity contribution in [2.24, 2.45) is 5.10 Å². The Morgan fingerprint density at radius 1 is 1.03 bits per heavy atom.